The van der Waals surface area contributed by atoms with E-state index in [4.69, 9.17) is 38.4 Å². The number of anilines is 1. The Labute approximate surface area is 128 Å². The normalized spacial score (nSPS) is 10.6. The summed E-state index contributed by atoms with van der Waals surface area (Å²) in [7, 11) is 1.62. The predicted molar refractivity (Wildman–Crippen MR) is 80.5 cm³/mol. The fourth-order valence-corrected chi connectivity index (χ4v) is 1.91. The lowest BCUT2D eigenvalue weighted by Crippen LogP contribution is -2.25. The maximum Gasteiger partial charge on any atom is 0.252 e. The number of nitrogens with two attached hydrogens (primary N) is 1. The number of amides is 1. The SMILES string of the molecule is COCCOCCCNC(=O)c1cc(N)cc(Cl)c1Cl. The van der Waals surface area contributed by atoms with Gasteiger partial charge in [0.1, 0.15) is 0 Å². The molecule has 0 spiro atoms. The van der Waals surface area contributed by atoms with E-state index in [1.807, 2.05) is 0 Å². The van der Waals surface area contributed by atoms with E-state index < -0.39 is 0 Å². The van der Waals surface area contributed by atoms with E-state index in [1.54, 1.807) is 7.11 Å². The van der Waals surface area contributed by atoms with E-state index >= 15 is 0 Å². The number of carbonyl (C=O) groups is 1. The highest BCUT2D eigenvalue weighted by molar-refractivity contribution is 6.44. The second kappa shape index (κ2) is 9.02. The summed E-state index contributed by atoms with van der Waals surface area (Å²) < 4.78 is 10.1. The van der Waals surface area contributed by atoms with Gasteiger partial charge in [-0.1, -0.05) is 23.2 Å². The monoisotopic (exact) mass is 320 g/mol. The highest BCUT2D eigenvalue weighted by atomic mass is 35.5. The number of benzene rings is 1. The molecule has 0 aliphatic carbocycles. The van der Waals surface area contributed by atoms with Crippen LogP contribution in [0.15, 0.2) is 12.1 Å². The van der Waals surface area contributed by atoms with Crippen molar-refractivity contribution in [1.82, 2.24) is 5.32 Å². The molecule has 0 radical (unpaired) electrons. The number of halogens is 2. The van der Waals surface area contributed by atoms with Crippen molar-refractivity contribution in [3.63, 3.8) is 0 Å². The van der Waals surface area contributed by atoms with Crippen molar-refractivity contribution in [2.45, 2.75) is 6.42 Å². The molecule has 1 aromatic carbocycles. The quantitative estimate of drug-likeness (QED) is 0.569. The van der Waals surface area contributed by atoms with Gasteiger partial charge in [-0.25, -0.2) is 0 Å². The number of hydrogen-bond acceptors (Lipinski definition) is 4. The van der Waals surface area contributed by atoms with Crippen LogP contribution in [0, 0.1) is 0 Å². The lowest BCUT2D eigenvalue weighted by Gasteiger charge is -2.09. The summed E-state index contributed by atoms with van der Waals surface area (Å²) in [5.41, 5.74) is 6.30. The average molecular weight is 321 g/mol. The van der Waals surface area contributed by atoms with E-state index in [-0.39, 0.29) is 21.5 Å². The maximum atomic E-state index is 11.9. The second-order valence-electron chi connectivity index (χ2n) is 4.08. The Morgan fingerprint density at radius 1 is 1.30 bits per heavy atom. The molecule has 112 valence electrons. The molecule has 0 bridgehead atoms. The molecule has 5 nitrogen and oxygen atoms in total. The first kappa shape index (κ1) is 17.0. The lowest BCUT2D eigenvalue weighted by molar-refractivity contribution is 0.0688. The van der Waals surface area contributed by atoms with Gasteiger partial charge in [0.2, 0.25) is 0 Å². The third kappa shape index (κ3) is 5.54. The van der Waals surface area contributed by atoms with Crippen LogP contribution >= 0.6 is 23.2 Å². The highest BCUT2D eigenvalue weighted by Gasteiger charge is 2.13. The molecule has 0 heterocycles. The van der Waals surface area contributed by atoms with Crippen molar-refractivity contribution in [3.8, 4) is 0 Å². The molecule has 0 saturated carbocycles. The van der Waals surface area contributed by atoms with Crippen LogP contribution in [-0.4, -0.2) is 39.4 Å². The summed E-state index contributed by atoms with van der Waals surface area (Å²) >= 11 is 11.8. The molecule has 0 aliphatic rings. The van der Waals surface area contributed by atoms with Crippen molar-refractivity contribution >= 4 is 34.8 Å². The van der Waals surface area contributed by atoms with Crippen LogP contribution in [0.1, 0.15) is 16.8 Å². The maximum absolute atomic E-state index is 11.9. The van der Waals surface area contributed by atoms with Crippen molar-refractivity contribution < 1.29 is 14.3 Å². The zero-order valence-corrected chi connectivity index (χ0v) is 12.8. The molecule has 1 rings (SSSR count). The zero-order valence-electron chi connectivity index (χ0n) is 11.2. The molecular weight excluding hydrogens is 303 g/mol. The molecule has 7 heteroatoms. The van der Waals surface area contributed by atoms with Crippen LogP contribution in [0.4, 0.5) is 5.69 Å². The first-order valence-corrected chi connectivity index (χ1v) is 6.91. The fourth-order valence-electron chi connectivity index (χ4n) is 1.49. The third-order valence-corrected chi connectivity index (χ3v) is 3.28. The Hall–Kier alpha value is -1.01. The summed E-state index contributed by atoms with van der Waals surface area (Å²) in [5.74, 6) is -0.305. The summed E-state index contributed by atoms with van der Waals surface area (Å²) in [4.78, 5) is 11.9. The predicted octanol–water partition coefficient (Wildman–Crippen LogP) is 2.36. The molecule has 0 unspecified atom stereocenters. The largest absolute Gasteiger partial charge is 0.399 e. The van der Waals surface area contributed by atoms with E-state index in [2.05, 4.69) is 5.32 Å². The van der Waals surface area contributed by atoms with Gasteiger partial charge in [0.05, 0.1) is 28.8 Å². The molecular formula is C13H18Cl2N2O3. The van der Waals surface area contributed by atoms with Gasteiger partial charge in [-0.3, -0.25) is 4.79 Å². The smallest absolute Gasteiger partial charge is 0.252 e. The Morgan fingerprint density at radius 3 is 2.75 bits per heavy atom. The van der Waals surface area contributed by atoms with Gasteiger partial charge in [-0.05, 0) is 18.6 Å². The number of hydrogen-bond donors (Lipinski definition) is 2. The minimum Gasteiger partial charge on any atom is -0.399 e. The number of ether oxygens (including phenoxy) is 2. The molecule has 1 aromatic rings. The van der Waals surface area contributed by atoms with E-state index in [9.17, 15) is 4.79 Å². The number of carbonyl (C=O) groups excluding carboxylic acids is 1. The van der Waals surface area contributed by atoms with Gasteiger partial charge in [-0.2, -0.15) is 0 Å². The Morgan fingerprint density at radius 2 is 2.05 bits per heavy atom. The summed E-state index contributed by atoms with van der Waals surface area (Å²) in [6.45, 7) is 2.13. The summed E-state index contributed by atoms with van der Waals surface area (Å²) in [6.07, 6.45) is 0.698. The molecule has 0 aromatic heterocycles. The molecule has 0 atom stereocenters. The highest BCUT2D eigenvalue weighted by Crippen LogP contribution is 2.28. The lowest BCUT2D eigenvalue weighted by atomic mass is 10.2. The van der Waals surface area contributed by atoms with E-state index in [0.717, 1.165) is 0 Å². The van der Waals surface area contributed by atoms with E-state index in [0.29, 0.717) is 38.5 Å². The number of nitrogens with one attached hydrogen (secondary N) is 1. The van der Waals surface area contributed by atoms with Crippen LogP contribution in [0.25, 0.3) is 0 Å². The van der Waals surface area contributed by atoms with Crippen LogP contribution in [0.3, 0.4) is 0 Å². The molecule has 1 amide bonds. The van der Waals surface area contributed by atoms with Crippen LogP contribution in [0.5, 0.6) is 0 Å². The standard InChI is InChI=1S/C13H18Cl2N2O3/c1-19-5-6-20-4-2-3-17-13(18)10-7-9(16)8-11(14)12(10)15/h7-8H,2-6,16H2,1H3,(H,17,18). The first-order chi connectivity index (χ1) is 9.56. The second-order valence-corrected chi connectivity index (χ2v) is 4.86. The topological polar surface area (TPSA) is 73.6 Å². The van der Waals surface area contributed by atoms with Gasteiger partial charge >= 0.3 is 0 Å². The van der Waals surface area contributed by atoms with Crippen molar-refractivity contribution in [2.24, 2.45) is 0 Å². The van der Waals surface area contributed by atoms with Gasteiger partial charge < -0.3 is 20.5 Å². The third-order valence-electron chi connectivity index (χ3n) is 2.48. The molecule has 0 saturated heterocycles. The van der Waals surface area contributed by atoms with Crippen molar-refractivity contribution in [1.29, 1.82) is 0 Å². The van der Waals surface area contributed by atoms with Gasteiger partial charge in [0, 0.05) is 25.9 Å². The molecule has 0 fully saturated rings. The minimum atomic E-state index is -0.305. The zero-order chi connectivity index (χ0) is 15.0. The Kier molecular flexibility index (Phi) is 7.69. The van der Waals surface area contributed by atoms with Gasteiger partial charge in [0.15, 0.2) is 0 Å². The number of methoxy groups -OCH3 is 1. The molecule has 3 N–H and O–H groups in total. The summed E-state index contributed by atoms with van der Waals surface area (Å²) in [6, 6.07) is 3.00. The molecule has 20 heavy (non-hydrogen) atoms. The number of nitrogen functional groups attached to an aromatic ring is 1. The Balaban J connectivity index is 2.36. The Bertz CT molecular complexity index is 455. The van der Waals surface area contributed by atoms with Crippen LogP contribution < -0.4 is 11.1 Å². The van der Waals surface area contributed by atoms with E-state index in [1.165, 1.54) is 12.1 Å². The van der Waals surface area contributed by atoms with Crippen molar-refractivity contribution in [3.05, 3.63) is 27.7 Å². The molecule has 0 aliphatic heterocycles. The minimum absolute atomic E-state index is 0.203. The van der Waals surface area contributed by atoms with Crippen molar-refractivity contribution in [2.75, 3.05) is 39.2 Å². The first-order valence-electron chi connectivity index (χ1n) is 6.15. The van der Waals surface area contributed by atoms with Gasteiger partial charge in [-0.15, -0.1) is 0 Å². The van der Waals surface area contributed by atoms with Crippen LogP contribution in [-0.2, 0) is 9.47 Å². The number of rotatable bonds is 8. The fraction of sp³-hybridized carbons (Fsp3) is 0.462. The summed E-state index contributed by atoms with van der Waals surface area (Å²) in [5, 5.41) is 3.20. The average Bonchev–Trinajstić information content (AvgIpc) is 2.41. The van der Waals surface area contributed by atoms with Crippen LogP contribution in [0.2, 0.25) is 10.0 Å². The van der Waals surface area contributed by atoms with Gasteiger partial charge in [0.25, 0.3) is 5.91 Å².